The number of amides is 3. The Morgan fingerprint density at radius 1 is 1.28 bits per heavy atom. The van der Waals surface area contributed by atoms with Crippen LogP contribution in [0.4, 0.5) is 9.59 Å². The summed E-state index contributed by atoms with van der Waals surface area (Å²) in [5, 5.41) is 2.81. The van der Waals surface area contributed by atoms with Crippen LogP contribution in [0.25, 0.3) is 0 Å². The first-order chi connectivity index (χ1) is 8.74. The minimum absolute atomic E-state index is 0.00240. The van der Waals surface area contributed by atoms with Crippen LogP contribution in [0.5, 0.6) is 0 Å². The highest BCUT2D eigenvalue weighted by Gasteiger charge is 2.35. The summed E-state index contributed by atoms with van der Waals surface area (Å²) in [4.78, 5) is 27.1. The van der Waals surface area contributed by atoms with Gasteiger partial charge in [-0.1, -0.05) is 0 Å². The maximum atomic E-state index is 11.9. The van der Waals surface area contributed by atoms with Crippen molar-refractivity contribution in [2.75, 3.05) is 26.2 Å². The maximum Gasteiger partial charge on any atom is 0.410 e. The molecule has 18 heavy (non-hydrogen) atoms. The quantitative estimate of drug-likeness (QED) is 0.791. The molecule has 3 amide bonds. The van der Waals surface area contributed by atoms with Crippen LogP contribution in [0.3, 0.4) is 0 Å². The number of carbonyl (C=O) groups excluding carboxylic acids is 2. The fourth-order valence-corrected chi connectivity index (χ4v) is 2.61. The molecule has 0 aromatic rings. The Kier molecular flexibility index (Phi) is 3.01. The van der Waals surface area contributed by atoms with Crippen LogP contribution in [0, 0.1) is 0 Å². The molecule has 1 saturated carbocycles. The number of nitrogens with zero attached hydrogens (tertiary/aromatic N) is 2. The van der Waals surface area contributed by atoms with E-state index in [0.29, 0.717) is 13.1 Å². The Morgan fingerprint density at radius 2 is 2.11 bits per heavy atom. The van der Waals surface area contributed by atoms with Crippen LogP contribution in [-0.4, -0.2) is 60.2 Å². The summed E-state index contributed by atoms with van der Waals surface area (Å²) in [5.41, 5.74) is 0. The summed E-state index contributed by atoms with van der Waals surface area (Å²) in [5.74, 6) is 0. The molecular formula is C12H19N3O3. The van der Waals surface area contributed by atoms with E-state index in [1.54, 1.807) is 4.90 Å². The van der Waals surface area contributed by atoms with Gasteiger partial charge in [0.15, 0.2) is 0 Å². The van der Waals surface area contributed by atoms with Crippen molar-refractivity contribution in [3.8, 4) is 0 Å². The Labute approximate surface area is 106 Å². The monoisotopic (exact) mass is 253 g/mol. The lowest BCUT2D eigenvalue weighted by atomic mass is 10.1. The average molecular weight is 253 g/mol. The van der Waals surface area contributed by atoms with Crippen molar-refractivity contribution in [1.82, 2.24) is 15.1 Å². The molecule has 1 unspecified atom stereocenters. The number of likely N-dealkylation sites (tertiary alicyclic amines) is 1. The third kappa shape index (κ3) is 2.37. The highest BCUT2D eigenvalue weighted by molar-refractivity contribution is 5.76. The number of hydrogen-bond acceptors (Lipinski definition) is 3. The zero-order valence-corrected chi connectivity index (χ0v) is 10.4. The average Bonchev–Trinajstić information content (AvgIpc) is 3.09. The van der Waals surface area contributed by atoms with E-state index < -0.39 is 0 Å². The molecule has 6 nitrogen and oxygen atoms in total. The van der Waals surface area contributed by atoms with Crippen molar-refractivity contribution in [3.05, 3.63) is 0 Å². The Morgan fingerprint density at radius 3 is 2.78 bits per heavy atom. The van der Waals surface area contributed by atoms with E-state index in [4.69, 9.17) is 4.74 Å². The molecule has 0 aromatic carbocycles. The zero-order chi connectivity index (χ0) is 12.5. The highest BCUT2D eigenvalue weighted by Crippen LogP contribution is 2.25. The lowest BCUT2D eigenvalue weighted by molar-refractivity contribution is 0.0710. The number of rotatable bonds is 2. The summed E-state index contributed by atoms with van der Waals surface area (Å²) < 4.78 is 5.31. The summed E-state index contributed by atoms with van der Waals surface area (Å²) in [6.07, 6.45) is 3.85. The Hall–Kier alpha value is -1.46. The summed E-state index contributed by atoms with van der Waals surface area (Å²) >= 11 is 0. The van der Waals surface area contributed by atoms with E-state index in [2.05, 4.69) is 5.32 Å². The van der Waals surface area contributed by atoms with Crippen molar-refractivity contribution in [2.24, 2.45) is 0 Å². The summed E-state index contributed by atoms with van der Waals surface area (Å²) in [7, 11) is 0. The molecular weight excluding hydrogens is 234 g/mol. The van der Waals surface area contributed by atoms with E-state index in [0.717, 1.165) is 38.8 Å². The van der Waals surface area contributed by atoms with Gasteiger partial charge < -0.3 is 19.9 Å². The van der Waals surface area contributed by atoms with Gasteiger partial charge in [0.25, 0.3) is 0 Å². The molecule has 1 aliphatic carbocycles. The first-order valence-electron chi connectivity index (χ1n) is 6.74. The molecule has 1 N–H and O–H groups in total. The second-order valence-corrected chi connectivity index (χ2v) is 5.25. The molecule has 3 aliphatic rings. The van der Waals surface area contributed by atoms with E-state index in [1.165, 1.54) is 0 Å². The van der Waals surface area contributed by atoms with E-state index in [-0.39, 0.29) is 24.3 Å². The predicted molar refractivity (Wildman–Crippen MR) is 64.2 cm³/mol. The number of nitrogens with one attached hydrogen (secondary N) is 1. The van der Waals surface area contributed by atoms with Crippen molar-refractivity contribution in [3.63, 3.8) is 0 Å². The van der Waals surface area contributed by atoms with Crippen molar-refractivity contribution < 1.29 is 14.3 Å². The van der Waals surface area contributed by atoms with Gasteiger partial charge in [-0.05, 0) is 25.7 Å². The highest BCUT2D eigenvalue weighted by atomic mass is 16.6. The van der Waals surface area contributed by atoms with Gasteiger partial charge in [0.2, 0.25) is 0 Å². The first kappa shape index (κ1) is 11.6. The molecule has 0 spiro atoms. The Balaban J connectivity index is 1.57. The molecule has 2 aliphatic heterocycles. The molecule has 0 aromatic heterocycles. The zero-order valence-electron chi connectivity index (χ0n) is 10.4. The van der Waals surface area contributed by atoms with Crippen LogP contribution >= 0.6 is 0 Å². The normalized spacial score (nSPS) is 28.2. The number of carbonyl (C=O) groups is 2. The molecule has 0 radical (unpaired) electrons. The van der Waals surface area contributed by atoms with Gasteiger partial charge >= 0.3 is 12.1 Å². The molecule has 2 saturated heterocycles. The van der Waals surface area contributed by atoms with Gasteiger partial charge in [0.05, 0.1) is 6.04 Å². The number of ether oxygens (including phenoxy) is 1. The van der Waals surface area contributed by atoms with E-state index in [9.17, 15) is 9.59 Å². The third-order valence-corrected chi connectivity index (χ3v) is 3.78. The number of piperidine rings is 1. The molecule has 0 bridgehead atoms. The second-order valence-electron chi connectivity index (χ2n) is 5.25. The topological polar surface area (TPSA) is 61.9 Å². The van der Waals surface area contributed by atoms with Crippen LogP contribution in [0.2, 0.25) is 0 Å². The minimum Gasteiger partial charge on any atom is -0.446 e. The van der Waals surface area contributed by atoms with E-state index >= 15 is 0 Å². The number of urea groups is 1. The molecule has 2 heterocycles. The van der Waals surface area contributed by atoms with Gasteiger partial charge in [-0.25, -0.2) is 9.59 Å². The van der Waals surface area contributed by atoms with Crippen LogP contribution in [-0.2, 0) is 4.74 Å². The molecule has 6 heteroatoms. The van der Waals surface area contributed by atoms with Gasteiger partial charge in [-0.3, -0.25) is 0 Å². The SMILES string of the molecule is O=C(OC1CC1)N1CCCC(N2CCNC2=O)C1. The van der Waals surface area contributed by atoms with Gasteiger partial charge in [-0.15, -0.1) is 0 Å². The maximum absolute atomic E-state index is 11.9. The predicted octanol–water partition coefficient (Wildman–Crippen LogP) is 0.775. The lowest BCUT2D eigenvalue weighted by Crippen LogP contribution is -2.50. The standard InChI is InChI=1S/C12H19N3O3/c16-11-13-5-7-15(11)9-2-1-6-14(8-9)12(17)18-10-3-4-10/h9-10H,1-8H2,(H,13,16). The Bertz CT molecular complexity index is 356. The van der Waals surface area contributed by atoms with Crippen LogP contribution in [0.15, 0.2) is 0 Å². The molecule has 100 valence electrons. The van der Waals surface area contributed by atoms with Crippen molar-refractivity contribution in [1.29, 1.82) is 0 Å². The fraction of sp³-hybridized carbons (Fsp3) is 0.833. The number of hydrogen-bond donors (Lipinski definition) is 1. The molecule has 1 atom stereocenters. The van der Waals surface area contributed by atoms with Crippen molar-refractivity contribution >= 4 is 12.1 Å². The lowest BCUT2D eigenvalue weighted by Gasteiger charge is -2.36. The summed E-state index contributed by atoms with van der Waals surface area (Å²) in [6, 6.07) is 0.144. The smallest absolute Gasteiger partial charge is 0.410 e. The minimum atomic E-state index is -0.207. The molecule has 3 fully saturated rings. The van der Waals surface area contributed by atoms with Crippen LogP contribution < -0.4 is 5.32 Å². The molecule has 3 rings (SSSR count). The first-order valence-corrected chi connectivity index (χ1v) is 6.74. The van der Waals surface area contributed by atoms with Gasteiger partial charge in [0, 0.05) is 26.2 Å². The van der Waals surface area contributed by atoms with Crippen molar-refractivity contribution in [2.45, 2.75) is 37.8 Å². The van der Waals surface area contributed by atoms with Crippen LogP contribution in [0.1, 0.15) is 25.7 Å². The van der Waals surface area contributed by atoms with Gasteiger partial charge in [-0.2, -0.15) is 0 Å². The largest absolute Gasteiger partial charge is 0.446 e. The van der Waals surface area contributed by atoms with E-state index in [1.807, 2.05) is 4.90 Å². The third-order valence-electron chi connectivity index (χ3n) is 3.78. The summed E-state index contributed by atoms with van der Waals surface area (Å²) in [6.45, 7) is 2.81. The second kappa shape index (κ2) is 4.66. The fourth-order valence-electron chi connectivity index (χ4n) is 2.61. The van der Waals surface area contributed by atoms with Gasteiger partial charge in [0.1, 0.15) is 6.10 Å².